The Kier molecular flexibility index (Phi) is 4.31. The molecule has 1 amide bonds. The monoisotopic (exact) mass is 247 g/mol. The largest absolute Gasteiger partial charge is 0.341 e. The van der Waals surface area contributed by atoms with Crippen molar-refractivity contribution in [2.45, 2.75) is 38.8 Å². The molecule has 0 aliphatic carbocycles. The number of nitrogens with one attached hydrogen (secondary N) is 1. The average Bonchev–Trinajstić information content (AvgIpc) is 2.92. The van der Waals surface area contributed by atoms with Gasteiger partial charge in [0.25, 0.3) is 0 Å². The van der Waals surface area contributed by atoms with Crippen LogP contribution in [-0.2, 0) is 4.79 Å². The van der Waals surface area contributed by atoms with E-state index in [1.165, 1.54) is 0 Å². The molecule has 1 aliphatic rings. The van der Waals surface area contributed by atoms with Crippen LogP contribution in [0.15, 0.2) is 24.5 Å². The highest BCUT2D eigenvalue weighted by Gasteiger charge is 2.24. The third-order valence-electron chi connectivity index (χ3n) is 3.47. The maximum Gasteiger partial charge on any atom is 0.239 e. The molecular weight excluding hydrogens is 226 g/mol. The van der Waals surface area contributed by atoms with Crippen LogP contribution in [0.25, 0.3) is 0 Å². The summed E-state index contributed by atoms with van der Waals surface area (Å²) in [5.74, 6) is 0.211. The Balaban J connectivity index is 1.90. The van der Waals surface area contributed by atoms with Gasteiger partial charge in [0, 0.05) is 31.5 Å². The van der Waals surface area contributed by atoms with Crippen molar-refractivity contribution in [2.75, 3.05) is 13.1 Å². The van der Waals surface area contributed by atoms with Gasteiger partial charge in [-0.25, -0.2) is 0 Å². The second-order valence-corrected chi connectivity index (χ2v) is 4.93. The number of amides is 1. The van der Waals surface area contributed by atoms with Crippen molar-refractivity contribution in [1.29, 1.82) is 0 Å². The zero-order valence-corrected chi connectivity index (χ0v) is 11.1. The average molecular weight is 247 g/mol. The van der Waals surface area contributed by atoms with Crippen LogP contribution in [0.1, 0.15) is 38.3 Å². The van der Waals surface area contributed by atoms with E-state index in [-0.39, 0.29) is 18.0 Å². The minimum atomic E-state index is -0.140. The standard InChI is InChI=1S/C14H21N3O/c1-11(13-6-5-7-15-10-13)16-12(2)14(18)17-8-3-4-9-17/h5-7,10-12,16H,3-4,8-9H2,1-2H3. The van der Waals surface area contributed by atoms with Gasteiger partial charge in [-0.3, -0.25) is 15.1 Å². The van der Waals surface area contributed by atoms with Gasteiger partial charge in [0.2, 0.25) is 5.91 Å². The highest BCUT2D eigenvalue weighted by atomic mass is 16.2. The Morgan fingerprint density at radius 3 is 2.72 bits per heavy atom. The van der Waals surface area contributed by atoms with Crippen LogP contribution in [0.4, 0.5) is 0 Å². The van der Waals surface area contributed by atoms with Crippen molar-refractivity contribution in [3.8, 4) is 0 Å². The summed E-state index contributed by atoms with van der Waals surface area (Å²) in [5.41, 5.74) is 1.11. The molecule has 2 rings (SSSR count). The molecule has 0 radical (unpaired) electrons. The number of likely N-dealkylation sites (tertiary alicyclic amines) is 1. The quantitative estimate of drug-likeness (QED) is 0.881. The number of pyridine rings is 1. The van der Waals surface area contributed by atoms with Crippen LogP contribution in [-0.4, -0.2) is 34.9 Å². The molecule has 4 heteroatoms. The van der Waals surface area contributed by atoms with Gasteiger partial charge < -0.3 is 4.90 Å². The van der Waals surface area contributed by atoms with E-state index >= 15 is 0 Å². The lowest BCUT2D eigenvalue weighted by Crippen LogP contribution is -2.44. The number of carbonyl (C=O) groups is 1. The van der Waals surface area contributed by atoms with E-state index in [0.29, 0.717) is 0 Å². The van der Waals surface area contributed by atoms with E-state index < -0.39 is 0 Å². The fourth-order valence-corrected chi connectivity index (χ4v) is 2.39. The normalized spacial score (nSPS) is 18.7. The maximum atomic E-state index is 12.2. The van der Waals surface area contributed by atoms with Gasteiger partial charge >= 0.3 is 0 Å². The zero-order chi connectivity index (χ0) is 13.0. The first kappa shape index (κ1) is 13.0. The van der Waals surface area contributed by atoms with Gasteiger partial charge in [-0.1, -0.05) is 6.07 Å². The molecule has 98 valence electrons. The molecule has 2 unspecified atom stereocenters. The first-order valence-electron chi connectivity index (χ1n) is 6.63. The molecule has 1 N–H and O–H groups in total. The fourth-order valence-electron chi connectivity index (χ4n) is 2.39. The molecule has 0 spiro atoms. The summed E-state index contributed by atoms with van der Waals surface area (Å²) < 4.78 is 0. The topological polar surface area (TPSA) is 45.2 Å². The molecule has 0 bridgehead atoms. The minimum Gasteiger partial charge on any atom is -0.341 e. The van der Waals surface area contributed by atoms with E-state index in [2.05, 4.69) is 17.2 Å². The SMILES string of the molecule is CC(NC(C)c1cccnc1)C(=O)N1CCCC1. The number of hydrogen-bond donors (Lipinski definition) is 1. The van der Waals surface area contributed by atoms with Crippen molar-refractivity contribution in [3.05, 3.63) is 30.1 Å². The molecule has 1 aromatic heterocycles. The minimum absolute atomic E-state index is 0.139. The third kappa shape index (κ3) is 3.07. The van der Waals surface area contributed by atoms with Crippen LogP contribution in [0.2, 0.25) is 0 Å². The Morgan fingerprint density at radius 1 is 1.39 bits per heavy atom. The van der Waals surface area contributed by atoms with Gasteiger partial charge in [-0.2, -0.15) is 0 Å². The van der Waals surface area contributed by atoms with Crippen LogP contribution in [0.3, 0.4) is 0 Å². The number of aromatic nitrogens is 1. The maximum absolute atomic E-state index is 12.2. The molecule has 18 heavy (non-hydrogen) atoms. The lowest BCUT2D eigenvalue weighted by molar-refractivity contribution is -0.132. The fraction of sp³-hybridized carbons (Fsp3) is 0.571. The lowest BCUT2D eigenvalue weighted by atomic mass is 10.1. The molecule has 4 nitrogen and oxygen atoms in total. The van der Waals surface area contributed by atoms with E-state index in [1.54, 1.807) is 6.20 Å². The molecule has 0 aromatic carbocycles. The molecule has 1 aromatic rings. The lowest BCUT2D eigenvalue weighted by Gasteiger charge is -2.24. The predicted molar refractivity (Wildman–Crippen MR) is 71.1 cm³/mol. The summed E-state index contributed by atoms with van der Waals surface area (Å²) in [4.78, 5) is 18.2. The summed E-state index contributed by atoms with van der Waals surface area (Å²) in [5, 5.41) is 3.34. The van der Waals surface area contributed by atoms with E-state index in [1.807, 2.05) is 30.2 Å². The number of nitrogens with zero attached hydrogens (tertiary/aromatic N) is 2. The molecular formula is C14H21N3O. The van der Waals surface area contributed by atoms with Crippen molar-refractivity contribution in [1.82, 2.24) is 15.2 Å². The first-order valence-corrected chi connectivity index (χ1v) is 6.63. The summed E-state index contributed by atoms with van der Waals surface area (Å²) in [7, 11) is 0. The van der Waals surface area contributed by atoms with Crippen LogP contribution >= 0.6 is 0 Å². The highest BCUT2D eigenvalue weighted by Crippen LogP contribution is 2.13. The smallest absolute Gasteiger partial charge is 0.239 e. The Hall–Kier alpha value is -1.42. The van der Waals surface area contributed by atoms with Gasteiger partial charge in [-0.15, -0.1) is 0 Å². The Morgan fingerprint density at radius 2 is 2.11 bits per heavy atom. The van der Waals surface area contributed by atoms with E-state index in [4.69, 9.17) is 0 Å². The number of carbonyl (C=O) groups excluding carboxylic acids is 1. The van der Waals surface area contributed by atoms with Crippen LogP contribution in [0.5, 0.6) is 0 Å². The Labute approximate surface area is 108 Å². The van der Waals surface area contributed by atoms with Crippen LogP contribution in [0, 0.1) is 0 Å². The highest BCUT2D eigenvalue weighted by molar-refractivity contribution is 5.81. The second-order valence-electron chi connectivity index (χ2n) is 4.93. The molecule has 1 aliphatic heterocycles. The van der Waals surface area contributed by atoms with Gasteiger partial charge in [-0.05, 0) is 38.3 Å². The summed E-state index contributed by atoms with van der Waals surface area (Å²) >= 11 is 0. The summed E-state index contributed by atoms with van der Waals surface area (Å²) in [6.45, 7) is 5.82. The van der Waals surface area contributed by atoms with Crippen LogP contribution < -0.4 is 5.32 Å². The van der Waals surface area contributed by atoms with Gasteiger partial charge in [0.15, 0.2) is 0 Å². The van der Waals surface area contributed by atoms with Crippen molar-refractivity contribution < 1.29 is 4.79 Å². The molecule has 1 fully saturated rings. The molecule has 2 heterocycles. The van der Waals surface area contributed by atoms with Crippen molar-refractivity contribution in [3.63, 3.8) is 0 Å². The zero-order valence-electron chi connectivity index (χ0n) is 11.1. The molecule has 0 saturated carbocycles. The predicted octanol–water partition coefficient (Wildman–Crippen LogP) is 1.74. The van der Waals surface area contributed by atoms with Crippen molar-refractivity contribution in [2.24, 2.45) is 0 Å². The Bertz CT molecular complexity index is 387. The van der Waals surface area contributed by atoms with E-state index in [9.17, 15) is 4.79 Å². The molecule has 1 saturated heterocycles. The summed E-state index contributed by atoms with van der Waals surface area (Å²) in [6.07, 6.45) is 5.87. The van der Waals surface area contributed by atoms with Gasteiger partial charge in [0.05, 0.1) is 6.04 Å². The summed E-state index contributed by atoms with van der Waals surface area (Å²) in [6, 6.07) is 3.94. The number of rotatable bonds is 4. The first-order chi connectivity index (χ1) is 8.68. The van der Waals surface area contributed by atoms with Gasteiger partial charge in [0.1, 0.15) is 0 Å². The van der Waals surface area contributed by atoms with Crippen molar-refractivity contribution >= 4 is 5.91 Å². The molecule has 2 atom stereocenters. The third-order valence-corrected chi connectivity index (χ3v) is 3.47. The number of hydrogen-bond acceptors (Lipinski definition) is 3. The second kappa shape index (κ2) is 5.96. The van der Waals surface area contributed by atoms with E-state index in [0.717, 1.165) is 31.5 Å².